The highest BCUT2D eigenvalue weighted by atomic mass is 15.3. The largest absolute Gasteiger partial charge is 0.357 e. The zero-order valence-electron chi connectivity index (χ0n) is 13.3. The Hall–Kier alpha value is -1.77. The Morgan fingerprint density at radius 1 is 1.19 bits per heavy atom. The number of hydrogen-bond donors (Lipinski definition) is 1. The number of hydrogen-bond acceptors (Lipinski definition) is 1. The number of benzene rings is 1. The first-order valence-electron chi connectivity index (χ1n) is 8.11. The number of nitrogens with zero attached hydrogens (tertiary/aromatic N) is 2. The smallest absolute Gasteiger partial charge is 0.193 e. The lowest BCUT2D eigenvalue weighted by Gasteiger charge is -2.31. The highest BCUT2D eigenvalue weighted by Crippen LogP contribution is 2.19. The summed E-state index contributed by atoms with van der Waals surface area (Å²) in [6, 6.07) is 10.6. The molecule has 114 valence electrons. The minimum absolute atomic E-state index is 0.908. The number of aliphatic imine (C=N–C) groups is 1. The molecule has 0 atom stereocenters. The van der Waals surface area contributed by atoms with Crippen molar-refractivity contribution >= 4 is 12.0 Å². The van der Waals surface area contributed by atoms with E-state index in [1.54, 1.807) is 5.57 Å². The van der Waals surface area contributed by atoms with Gasteiger partial charge in [-0.1, -0.05) is 48.9 Å². The van der Waals surface area contributed by atoms with Crippen molar-refractivity contribution in [1.82, 2.24) is 10.2 Å². The summed E-state index contributed by atoms with van der Waals surface area (Å²) in [6.45, 7) is 8.27. The van der Waals surface area contributed by atoms with Gasteiger partial charge >= 0.3 is 0 Å². The van der Waals surface area contributed by atoms with Crippen molar-refractivity contribution in [1.29, 1.82) is 0 Å². The monoisotopic (exact) mass is 285 g/mol. The van der Waals surface area contributed by atoms with Crippen LogP contribution in [0.3, 0.4) is 0 Å². The molecular formula is C18H27N3. The summed E-state index contributed by atoms with van der Waals surface area (Å²) in [7, 11) is 0. The van der Waals surface area contributed by atoms with Crippen LogP contribution in [0.1, 0.15) is 38.7 Å². The van der Waals surface area contributed by atoms with Crippen LogP contribution >= 0.6 is 0 Å². The standard InChI is InChI=1S/C18H27N3/c1-3-12-20-18(19-4-2)21-13-10-17(11-14-21)15-16-8-6-5-7-9-16/h5-9,15H,3-4,10-14H2,1-2H3,(H,19,20). The molecular weight excluding hydrogens is 258 g/mol. The molecule has 0 spiro atoms. The lowest BCUT2D eigenvalue weighted by atomic mass is 10.0. The topological polar surface area (TPSA) is 27.6 Å². The molecule has 1 aliphatic heterocycles. The van der Waals surface area contributed by atoms with Crippen LogP contribution in [-0.4, -0.2) is 37.0 Å². The molecule has 1 heterocycles. The van der Waals surface area contributed by atoms with E-state index in [1.807, 2.05) is 0 Å². The van der Waals surface area contributed by atoms with Gasteiger partial charge in [-0.05, 0) is 31.7 Å². The molecule has 0 radical (unpaired) electrons. The van der Waals surface area contributed by atoms with Crippen LogP contribution in [-0.2, 0) is 0 Å². The molecule has 0 unspecified atom stereocenters. The molecule has 2 rings (SSSR count). The zero-order chi connectivity index (χ0) is 14.9. The first-order chi connectivity index (χ1) is 10.3. The first-order valence-corrected chi connectivity index (χ1v) is 8.11. The van der Waals surface area contributed by atoms with Gasteiger partial charge in [-0.25, -0.2) is 0 Å². The van der Waals surface area contributed by atoms with Gasteiger partial charge in [0.05, 0.1) is 0 Å². The van der Waals surface area contributed by atoms with E-state index < -0.39 is 0 Å². The van der Waals surface area contributed by atoms with Crippen molar-refractivity contribution in [2.24, 2.45) is 4.99 Å². The van der Waals surface area contributed by atoms with Gasteiger partial charge in [-0.3, -0.25) is 4.99 Å². The van der Waals surface area contributed by atoms with E-state index in [0.29, 0.717) is 0 Å². The fraction of sp³-hybridized carbons (Fsp3) is 0.500. The molecule has 1 aromatic carbocycles. The molecule has 0 bridgehead atoms. The molecule has 0 amide bonds. The van der Waals surface area contributed by atoms with Gasteiger partial charge < -0.3 is 10.2 Å². The van der Waals surface area contributed by atoms with E-state index in [0.717, 1.165) is 51.4 Å². The maximum Gasteiger partial charge on any atom is 0.193 e. The second-order valence-corrected chi connectivity index (χ2v) is 5.44. The molecule has 0 aromatic heterocycles. The van der Waals surface area contributed by atoms with Crippen LogP contribution in [0.25, 0.3) is 6.08 Å². The number of likely N-dealkylation sites (tertiary alicyclic amines) is 1. The number of nitrogens with one attached hydrogen (secondary N) is 1. The van der Waals surface area contributed by atoms with Gasteiger partial charge in [-0.15, -0.1) is 0 Å². The second-order valence-electron chi connectivity index (χ2n) is 5.44. The third kappa shape index (κ3) is 4.92. The van der Waals surface area contributed by atoms with Crippen LogP contribution in [0, 0.1) is 0 Å². The minimum atomic E-state index is 0.908. The van der Waals surface area contributed by atoms with Gasteiger partial charge in [0, 0.05) is 26.2 Å². The zero-order valence-corrected chi connectivity index (χ0v) is 13.3. The summed E-state index contributed by atoms with van der Waals surface area (Å²) in [5.41, 5.74) is 2.86. The Bertz CT molecular complexity index is 466. The maximum absolute atomic E-state index is 4.68. The van der Waals surface area contributed by atoms with Gasteiger partial charge in [0.15, 0.2) is 5.96 Å². The van der Waals surface area contributed by atoms with E-state index in [-0.39, 0.29) is 0 Å². The summed E-state index contributed by atoms with van der Waals surface area (Å²) >= 11 is 0. The van der Waals surface area contributed by atoms with Crippen molar-refractivity contribution < 1.29 is 0 Å². The molecule has 0 aliphatic carbocycles. The number of rotatable bonds is 4. The Kier molecular flexibility index (Phi) is 6.32. The SMILES string of the molecule is CCCN=C(NCC)N1CCC(=Cc2ccccc2)CC1. The van der Waals surface area contributed by atoms with Crippen molar-refractivity contribution in [2.75, 3.05) is 26.2 Å². The summed E-state index contributed by atoms with van der Waals surface area (Å²) in [5, 5.41) is 3.41. The fourth-order valence-electron chi connectivity index (χ4n) is 2.58. The second kappa shape index (κ2) is 8.50. The molecule has 1 N–H and O–H groups in total. The van der Waals surface area contributed by atoms with E-state index in [4.69, 9.17) is 0 Å². The Morgan fingerprint density at radius 2 is 1.90 bits per heavy atom. The lowest BCUT2D eigenvalue weighted by molar-refractivity contribution is 0.375. The van der Waals surface area contributed by atoms with Crippen LogP contribution in [0.5, 0.6) is 0 Å². The fourth-order valence-corrected chi connectivity index (χ4v) is 2.58. The van der Waals surface area contributed by atoms with Crippen molar-refractivity contribution in [3.63, 3.8) is 0 Å². The maximum atomic E-state index is 4.68. The average Bonchev–Trinajstić information content (AvgIpc) is 2.53. The van der Waals surface area contributed by atoms with E-state index in [2.05, 4.69) is 65.5 Å². The number of piperidine rings is 1. The van der Waals surface area contributed by atoms with Gasteiger partial charge in [-0.2, -0.15) is 0 Å². The van der Waals surface area contributed by atoms with Crippen molar-refractivity contribution in [3.05, 3.63) is 41.5 Å². The van der Waals surface area contributed by atoms with Crippen LogP contribution in [0.4, 0.5) is 0 Å². The van der Waals surface area contributed by atoms with Gasteiger partial charge in [0.2, 0.25) is 0 Å². The Balaban J connectivity index is 1.94. The Morgan fingerprint density at radius 3 is 2.52 bits per heavy atom. The summed E-state index contributed by atoms with van der Waals surface area (Å²) < 4.78 is 0. The highest BCUT2D eigenvalue weighted by molar-refractivity contribution is 5.80. The first kappa shape index (κ1) is 15.6. The van der Waals surface area contributed by atoms with Crippen LogP contribution in [0.2, 0.25) is 0 Å². The highest BCUT2D eigenvalue weighted by Gasteiger charge is 2.16. The van der Waals surface area contributed by atoms with Crippen LogP contribution < -0.4 is 5.32 Å². The molecule has 3 nitrogen and oxygen atoms in total. The molecule has 1 aromatic rings. The van der Waals surface area contributed by atoms with Crippen LogP contribution in [0.15, 0.2) is 40.9 Å². The van der Waals surface area contributed by atoms with Crippen molar-refractivity contribution in [3.8, 4) is 0 Å². The molecule has 1 fully saturated rings. The van der Waals surface area contributed by atoms with Gasteiger partial charge in [0.1, 0.15) is 0 Å². The Labute approximate surface area is 128 Å². The lowest BCUT2D eigenvalue weighted by Crippen LogP contribution is -2.44. The molecule has 1 saturated heterocycles. The number of guanidine groups is 1. The third-order valence-electron chi connectivity index (χ3n) is 3.70. The summed E-state index contributed by atoms with van der Waals surface area (Å²) in [6.07, 6.45) is 5.70. The van der Waals surface area contributed by atoms with Crippen molar-refractivity contribution in [2.45, 2.75) is 33.1 Å². The minimum Gasteiger partial charge on any atom is -0.357 e. The predicted octanol–water partition coefficient (Wildman–Crippen LogP) is 3.54. The predicted molar refractivity (Wildman–Crippen MR) is 91.5 cm³/mol. The third-order valence-corrected chi connectivity index (χ3v) is 3.70. The van der Waals surface area contributed by atoms with E-state index >= 15 is 0 Å². The van der Waals surface area contributed by atoms with Gasteiger partial charge in [0.25, 0.3) is 0 Å². The molecule has 3 heteroatoms. The molecule has 0 saturated carbocycles. The molecule has 21 heavy (non-hydrogen) atoms. The molecule has 1 aliphatic rings. The summed E-state index contributed by atoms with van der Waals surface area (Å²) in [5.74, 6) is 1.08. The van der Waals surface area contributed by atoms with E-state index in [1.165, 1.54) is 5.56 Å². The summed E-state index contributed by atoms with van der Waals surface area (Å²) in [4.78, 5) is 7.07. The average molecular weight is 285 g/mol. The quantitative estimate of drug-likeness (QED) is 0.677. The normalized spacial score (nSPS) is 16.0. The van der Waals surface area contributed by atoms with E-state index in [9.17, 15) is 0 Å².